The van der Waals surface area contributed by atoms with E-state index in [2.05, 4.69) is 21.5 Å². The highest BCUT2D eigenvalue weighted by Gasteiger charge is 2.16. The Morgan fingerprint density at radius 3 is 3.00 bits per heavy atom. The first-order valence-corrected chi connectivity index (χ1v) is 10.7. The van der Waals surface area contributed by atoms with Crippen LogP contribution in [0.2, 0.25) is 0 Å². The third-order valence-electron chi connectivity index (χ3n) is 4.51. The minimum absolute atomic E-state index is 0.300. The predicted molar refractivity (Wildman–Crippen MR) is 109 cm³/mol. The number of hydrogen-bond donors (Lipinski definition) is 1. The van der Waals surface area contributed by atoms with Crippen molar-refractivity contribution in [3.63, 3.8) is 0 Å². The van der Waals surface area contributed by atoms with Gasteiger partial charge in [-0.15, -0.1) is 0 Å². The number of ether oxygens (including phenoxy) is 1. The van der Waals surface area contributed by atoms with Crippen molar-refractivity contribution in [2.24, 2.45) is 0 Å². The molecule has 3 rings (SSSR count). The third-order valence-corrected chi connectivity index (χ3v) is 5.55. The van der Waals surface area contributed by atoms with Crippen LogP contribution in [0, 0.1) is 6.92 Å². The fourth-order valence-corrected chi connectivity index (χ4v) is 3.91. The zero-order valence-corrected chi connectivity index (χ0v) is 17.3. The summed E-state index contributed by atoms with van der Waals surface area (Å²) >= 11 is 1.36. The number of rotatable bonds is 9. The van der Waals surface area contributed by atoms with Gasteiger partial charge >= 0.3 is 5.97 Å². The van der Waals surface area contributed by atoms with Crippen molar-refractivity contribution in [1.29, 1.82) is 0 Å². The average molecular weight is 416 g/mol. The molecule has 0 spiro atoms. The van der Waals surface area contributed by atoms with Crippen LogP contribution < -0.4 is 5.32 Å². The van der Waals surface area contributed by atoms with Crippen molar-refractivity contribution in [2.45, 2.75) is 49.8 Å². The fourth-order valence-electron chi connectivity index (χ4n) is 3.04. The molecule has 1 aliphatic carbocycles. The van der Waals surface area contributed by atoms with Crippen LogP contribution in [0.3, 0.4) is 0 Å². The van der Waals surface area contributed by atoms with Crippen LogP contribution in [-0.4, -0.2) is 35.2 Å². The quantitative estimate of drug-likeness (QED) is 0.378. The second kappa shape index (κ2) is 10.8. The highest BCUT2D eigenvalue weighted by molar-refractivity contribution is 7.98. The Morgan fingerprint density at radius 2 is 2.24 bits per heavy atom. The van der Waals surface area contributed by atoms with Gasteiger partial charge in [0.25, 0.3) is 5.91 Å². The molecule has 2 aromatic rings. The van der Waals surface area contributed by atoms with Crippen LogP contribution >= 0.6 is 11.8 Å². The second-order valence-corrected chi connectivity index (χ2v) is 7.82. The number of carbonyl (C=O) groups excluding carboxylic acids is 2. The Labute approximate surface area is 174 Å². The molecule has 29 heavy (non-hydrogen) atoms. The highest BCUT2D eigenvalue weighted by atomic mass is 32.2. The Bertz CT molecular complexity index is 878. The van der Waals surface area contributed by atoms with E-state index in [1.165, 1.54) is 30.2 Å². The van der Waals surface area contributed by atoms with Gasteiger partial charge < -0.3 is 14.6 Å². The summed E-state index contributed by atoms with van der Waals surface area (Å²) in [7, 11) is 0. The minimum Gasteiger partial charge on any atom is -0.452 e. The van der Waals surface area contributed by atoms with Crippen molar-refractivity contribution in [1.82, 2.24) is 15.5 Å². The topological polar surface area (TPSA) is 94.3 Å². The highest BCUT2D eigenvalue weighted by Crippen LogP contribution is 2.24. The molecule has 2 aromatic heterocycles. The maximum Gasteiger partial charge on any atom is 0.341 e. The number of nitrogens with one attached hydrogen (secondary N) is 1. The van der Waals surface area contributed by atoms with E-state index in [1.54, 1.807) is 18.3 Å². The molecule has 0 aromatic carbocycles. The molecule has 8 heteroatoms. The van der Waals surface area contributed by atoms with Gasteiger partial charge in [0.2, 0.25) is 0 Å². The molecule has 1 amide bonds. The second-order valence-electron chi connectivity index (χ2n) is 6.86. The van der Waals surface area contributed by atoms with Gasteiger partial charge in [0.15, 0.2) is 6.61 Å². The van der Waals surface area contributed by atoms with Gasteiger partial charge in [-0.3, -0.25) is 4.79 Å². The molecule has 0 fully saturated rings. The molecule has 0 aliphatic heterocycles. The average Bonchev–Trinajstić information content (AvgIpc) is 3.16. The van der Waals surface area contributed by atoms with Gasteiger partial charge in [0.1, 0.15) is 10.8 Å². The van der Waals surface area contributed by atoms with Crippen LogP contribution in [0.25, 0.3) is 0 Å². The van der Waals surface area contributed by atoms with Gasteiger partial charge in [-0.05, 0) is 51.2 Å². The zero-order valence-electron chi connectivity index (χ0n) is 16.5. The number of pyridine rings is 1. The Morgan fingerprint density at radius 1 is 1.34 bits per heavy atom. The number of carbonyl (C=O) groups is 2. The van der Waals surface area contributed by atoms with E-state index in [1.807, 2.05) is 13.0 Å². The Hall–Kier alpha value is -2.61. The summed E-state index contributed by atoms with van der Waals surface area (Å²) < 4.78 is 10.2. The number of nitrogens with zero attached hydrogens (tertiary/aromatic N) is 2. The fraction of sp³-hybridized carbons (Fsp3) is 0.429. The molecule has 1 N–H and O–H groups in total. The molecular formula is C21H25N3O4S. The van der Waals surface area contributed by atoms with Crippen LogP contribution in [0.5, 0.6) is 0 Å². The molecule has 1 aliphatic rings. The standard InChI is InChI=1S/C21H25N3O4S/c1-15-12-17(24-28-15)14-29-20-18(8-5-10-23-20)21(26)27-13-19(25)22-11-9-16-6-3-2-4-7-16/h5-6,8,10,12H,2-4,7,9,11,13-14H2,1H3,(H,22,25). The summed E-state index contributed by atoms with van der Waals surface area (Å²) in [6.45, 7) is 2.08. The maximum atomic E-state index is 12.4. The molecular weight excluding hydrogens is 390 g/mol. The normalized spacial score (nSPS) is 13.6. The van der Waals surface area contributed by atoms with Gasteiger partial charge in [0.05, 0.1) is 11.3 Å². The molecule has 0 saturated carbocycles. The summed E-state index contributed by atoms with van der Waals surface area (Å²) in [5.41, 5.74) is 2.50. The first-order chi connectivity index (χ1) is 14.1. The van der Waals surface area contributed by atoms with Crippen molar-refractivity contribution in [2.75, 3.05) is 13.2 Å². The van der Waals surface area contributed by atoms with Crippen LogP contribution in [-0.2, 0) is 15.3 Å². The first kappa shape index (κ1) is 21.1. The van der Waals surface area contributed by atoms with Crippen molar-refractivity contribution in [3.8, 4) is 0 Å². The number of amides is 1. The smallest absolute Gasteiger partial charge is 0.341 e. The molecule has 0 radical (unpaired) electrons. The van der Waals surface area contributed by atoms with Gasteiger partial charge in [-0.25, -0.2) is 9.78 Å². The number of aryl methyl sites for hydroxylation is 1. The Kier molecular flexibility index (Phi) is 7.86. The number of aromatic nitrogens is 2. The molecule has 154 valence electrons. The SMILES string of the molecule is Cc1cc(CSc2ncccc2C(=O)OCC(=O)NCCC2=CCCCC2)no1. The first-order valence-electron chi connectivity index (χ1n) is 9.73. The summed E-state index contributed by atoms with van der Waals surface area (Å²) in [5.74, 6) is 0.380. The summed E-state index contributed by atoms with van der Waals surface area (Å²) in [4.78, 5) is 28.6. The van der Waals surface area contributed by atoms with E-state index < -0.39 is 5.97 Å². The van der Waals surface area contributed by atoms with Crippen molar-refractivity contribution >= 4 is 23.6 Å². The lowest BCUT2D eigenvalue weighted by Crippen LogP contribution is -2.30. The van der Waals surface area contributed by atoms with E-state index in [0.29, 0.717) is 22.9 Å². The van der Waals surface area contributed by atoms with Crippen molar-refractivity contribution in [3.05, 3.63) is 53.1 Å². The summed E-state index contributed by atoms with van der Waals surface area (Å²) in [5, 5.41) is 7.26. The van der Waals surface area contributed by atoms with Crippen LogP contribution in [0.1, 0.15) is 53.9 Å². The van der Waals surface area contributed by atoms with Gasteiger partial charge in [-0.1, -0.05) is 28.6 Å². The van der Waals surface area contributed by atoms with Crippen molar-refractivity contribution < 1.29 is 18.8 Å². The van der Waals surface area contributed by atoms with E-state index in [-0.39, 0.29) is 12.5 Å². The van der Waals surface area contributed by atoms with Gasteiger partial charge in [0, 0.05) is 24.6 Å². The lowest BCUT2D eigenvalue weighted by molar-refractivity contribution is -0.124. The number of hydrogen-bond acceptors (Lipinski definition) is 7. The maximum absolute atomic E-state index is 12.4. The Balaban J connectivity index is 1.44. The van der Waals surface area contributed by atoms with Crippen LogP contribution in [0.4, 0.5) is 0 Å². The minimum atomic E-state index is -0.568. The van der Waals surface area contributed by atoms with E-state index in [9.17, 15) is 9.59 Å². The number of allylic oxidation sites excluding steroid dienone is 1. The largest absolute Gasteiger partial charge is 0.452 e. The number of thioether (sulfide) groups is 1. The lowest BCUT2D eigenvalue weighted by atomic mass is 9.97. The molecule has 0 unspecified atom stereocenters. The molecule has 0 saturated heterocycles. The molecule has 0 bridgehead atoms. The summed E-state index contributed by atoms with van der Waals surface area (Å²) in [6.07, 6.45) is 9.43. The lowest BCUT2D eigenvalue weighted by Gasteiger charge is -2.13. The summed E-state index contributed by atoms with van der Waals surface area (Å²) in [6, 6.07) is 5.14. The molecule has 2 heterocycles. The predicted octanol–water partition coefficient (Wildman–Crippen LogP) is 3.83. The number of esters is 1. The third kappa shape index (κ3) is 6.74. The molecule has 7 nitrogen and oxygen atoms in total. The van der Waals surface area contributed by atoms with E-state index in [4.69, 9.17) is 9.26 Å². The molecule has 0 atom stereocenters. The van der Waals surface area contributed by atoms with E-state index in [0.717, 1.165) is 30.7 Å². The monoisotopic (exact) mass is 415 g/mol. The van der Waals surface area contributed by atoms with Gasteiger partial charge in [-0.2, -0.15) is 0 Å². The zero-order chi connectivity index (χ0) is 20.5. The van der Waals surface area contributed by atoms with Crippen LogP contribution in [0.15, 0.2) is 45.6 Å². The van der Waals surface area contributed by atoms with E-state index >= 15 is 0 Å².